The summed E-state index contributed by atoms with van der Waals surface area (Å²) in [5.41, 5.74) is 6.55. The summed E-state index contributed by atoms with van der Waals surface area (Å²) >= 11 is 0. The summed E-state index contributed by atoms with van der Waals surface area (Å²) in [5.74, 6) is -0.990. The zero-order valence-electron chi connectivity index (χ0n) is 12.9. The summed E-state index contributed by atoms with van der Waals surface area (Å²) in [7, 11) is 0. The summed E-state index contributed by atoms with van der Waals surface area (Å²) in [5, 5.41) is 0. The maximum absolute atomic E-state index is 14.3. The zero-order valence-corrected chi connectivity index (χ0v) is 12.9. The first-order valence-corrected chi connectivity index (χ1v) is 7.44. The molecule has 0 spiro atoms. The molecule has 2 nitrogen and oxygen atoms in total. The Bertz CT molecular complexity index is 411. The smallest absolute Gasteiger partial charge is 0.149 e. The van der Waals surface area contributed by atoms with Crippen molar-refractivity contribution in [2.24, 2.45) is 5.73 Å². The highest BCUT2D eigenvalue weighted by molar-refractivity contribution is 5.51. The van der Waals surface area contributed by atoms with Crippen LogP contribution in [0, 0.1) is 11.6 Å². The molecule has 0 saturated carbocycles. The molecule has 4 heteroatoms. The van der Waals surface area contributed by atoms with E-state index in [1.807, 2.05) is 27.7 Å². The van der Waals surface area contributed by atoms with Crippen molar-refractivity contribution in [2.75, 3.05) is 11.4 Å². The maximum atomic E-state index is 14.3. The quantitative estimate of drug-likeness (QED) is 0.823. The molecule has 2 unspecified atom stereocenters. The average molecular weight is 284 g/mol. The maximum Gasteiger partial charge on any atom is 0.149 e. The second kappa shape index (κ2) is 7.58. The van der Waals surface area contributed by atoms with Crippen molar-refractivity contribution in [3.05, 3.63) is 29.3 Å². The summed E-state index contributed by atoms with van der Waals surface area (Å²) in [6.07, 6.45) is 2.13. The van der Waals surface area contributed by atoms with Crippen LogP contribution in [0.5, 0.6) is 0 Å². The highest BCUT2D eigenvalue weighted by Crippen LogP contribution is 2.27. The normalized spacial score (nSPS) is 14.2. The summed E-state index contributed by atoms with van der Waals surface area (Å²) in [4.78, 5) is 1.77. The van der Waals surface area contributed by atoms with Gasteiger partial charge in [-0.2, -0.15) is 0 Å². The predicted octanol–water partition coefficient (Wildman–Crippen LogP) is 3.87. The van der Waals surface area contributed by atoms with Crippen molar-refractivity contribution in [3.63, 3.8) is 0 Å². The Morgan fingerprint density at radius 3 is 2.05 bits per heavy atom. The van der Waals surface area contributed by atoms with Gasteiger partial charge in [-0.3, -0.25) is 0 Å². The molecular weight excluding hydrogens is 258 g/mol. The Morgan fingerprint density at radius 2 is 1.65 bits per heavy atom. The second-order valence-corrected chi connectivity index (χ2v) is 5.32. The Kier molecular flexibility index (Phi) is 6.40. The molecule has 114 valence electrons. The van der Waals surface area contributed by atoms with E-state index in [4.69, 9.17) is 5.73 Å². The highest BCUT2D eigenvalue weighted by atomic mass is 19.1. The van der Waals surface area contributed by atoms with Crippen molar-refractivity contribution in [3.8, 4) is 0 Å². The highest BCUT2D eigenvalue weighted by Gasteiger charge is 2.20. The van der Waals surface area contributed by atoms with Gasteiger partial charge >= 0.3 is 0 Å². The minimum absolute atomic E-state index is 0.0588. The molecule has 0 aliphatic heterocycles. The summed E-state index contributed by atoms with van der Waals surface area (Å²) < 4.78 is 28.6. The fraction of sp³-hybridized carbons (Fsp3) is 0.625. The molecule has 1 aromatic carbocycles. The van der Waals surface area contributed by atoms with Crippen LogP contribution in [0.3, 0.4) is 0 Å². The topological polar surface area (TPSA) is 29.3 Å². The lowest BCUT2D eigenvalue weighted by atomic mass is 10.0. The molecule has 0 aliphatic rings. The van der Waals surface area contributed by atoms with Gasteiger partial charge in [0.2, 0.25) is 0 Å². The molecule has 0 saturated heterocycles. The molecule has 0 amide bonds. The van der Waals surface area contributed by atoms with Crippen LogP contribution in [0.2, 0.25) is 0 Å². The SMILES string of the molecule is CCC(N)Cc1cc(F)c(N(CC)C(C)CC)c(F)c1. The van der Waals surface area contributed by atoms with E-state index in [0.717, 1.165) is 12.8 Å². The number of rotatable bonds is 7. The first-order valence-electron chi connectivity index (χ1n) is 7.44. The Morgan fingerprint density at radius 1 is 1.10 bits per heavy atom. The number of nitrogens with zero attached hydrogens (tertiary/aromatic N) is 1. The van der Waals surface area contributed by atoms with Gasteiger partial charge in [-0.25, -0.2) is 8.78 Å². The van der Waals surface area contributed by atoms with Crippen molar-refractivity contribution >= 4 is 5.69 Å². The van der Waals surface area contributed by atoms with Crippen LogP contribution < -0.4 is 10.6 Å². The van der Waals surface area contributed by atoms with E-state index in [2.05, 4.69) is 0 Å². The van der Waals surface area contributed by atoms with Crippen LogP contribution in [-0.4, -0.2) is 18.6 Å². The van der Waals surface area contributed by atoms with Crippen molar-refractivity contribution in [1.29, 1.82) is 0 Å². The number of halogens is 2. The predicted molar refractivity (Wildman–Crippen MR) is 81.1 cm³/mol. The summed E-state index contributed by atoms with van der Waals surface area (Å²) in [6, 6.07) is 2.88. The standard InChI is InChI=1S/C16H26F2N2/c1-5-11(4)20(7-3)16-14(17)9-12(10-15(16)18)8-13(19)6-2/h9-11,13H,5-8,19H2,1-4H3. The van der Waals surface area contributed by atoms with Gasteiger partial charge in [0.05, 0.1) is 0 Å². The number of benzene rings is 1. The van der Waals surface area contributed by atoms with E-state index in [1.165, 1.54) is 12.1 Å². The third-order valence-electron chi connectivity index (χ3n) is 3.85. The number of anilines is 1. The third-order valence-corrected chi connectivity index (χ3v) is 3.85. The number of nitrogens with two attached hydrogens (primary N) is 1. The van der Waals surface area contributed by atoms with Crippen LogP contribution in [0.4, 0.5) is 14.5 Å². The molecule has 0 radical (unpaired) electrons. The van der Waals surface area contributed by atoms with Gasteiger partial charge in [-0.15, -0.1) is 0 Å². The van der Waals surface area contributed by atoms with Crippen LogP contribution in [0.1, 0.15) is 46.1 Å². The fourth-order valence-electron chi connectivity index (χ4n) is 2.37. The molecule has 0 aromatic heterocycles. The van der Waals surface area contributed by atoms with E-state index >= 15 is 0 Å². The lowest BCUT2D eigenvalue weighted by Crippen LogP contribution is -2.34. The largest absolute Gasteiger partial charge is 0.364 e. The van der Waals surface area contributed by atoms with E-state index in [0.29, 0.717) is 18.5 Å². The fourth-order valence-corrected chi connectivity index (χ4v) is 2.37. The van der Waals surface area contributed by atoms with Crippen LogP contribution >= 0.6 is 0 Å². The Balaban J connectivity index is 3.10. The minimum atomic E-state index is -0.495. The van der Waals surface area contributed by atoms with Gasteiger partial charge in [0.15, 0.2) is 0 Å². The molecule has 2 N–H and O–H groups in total. The number of hydrogen-bond donors (Lipinski definition) is 1. The van der Waals surface area contributed by atoms with Gasteiger partial charge in [0.1, 0.15) is 17.3 Å². The first-order chi connectivity index (χ1) is 9.44. The van der Waals surface area contributed by atoms with Gasteiger partial charge in [-0.1, -0.05) is 13.8 Å². The lowest BCUT2D eigenvalue weighted by molar-refractivity contribution is 0.540. The van der Waals surface area contributed by atoms with Crippen LogP contribution in [0.15, 0.2) is 12.1 Å². The van der Waals surface area contributed by atoms with Crippen molar-refractivity contribution < 1.29 is 8.78 Å². The Labute approximate surface area is 121 Å². The van der Waals surface area contributed by atoms with Crippen molar-refractivity contribution in [2.45, 2.75) is 59.0 Å². The van der Waals surface area contributed by atoms with Gasteiger partial charge in [-0.05, 0) is 50.8 Å². The van der Waals surface area contributed by atoms with Gasteiger partial charge in [0, 0.05) is 18.6 Å². The van der Waals surface area contributed by atoms with Crippen LogP contribution in [-0.2, 0) is 6.42 Å². The minimum Gasteiger partial charge on any atom is -0.364 e. The van der Waals surface area contributed by atoms with Crippen LogP contribution in [0.25, 0.3) is 0 Å². The van der Waals surface area contributed by atoms with Gasteiger partial charge in [0.25, 0.3) is 0 Å². The molecule has 0 bridgehead atoms. The molecule has 0 heterocycles. The molecule has 1 rings (SSSR count). The van der Waals surface area contributed by atoms with E-state index < -0.39 is 11.6 Å². The first kappa shape index (κ1) is 16.9. The third kappa shape index (κ3) is 3.92. The van der Waals surface area contributed by atoms with E-state index in [1.54, 1.807) is 4.90 Å². The zero-order chi connectivity index (χ0) is 15.3. The summed E-state index contributed by atoms with van der Waals surface area (Å²) in [6.45, 7) is 8.44. The second-order valence-electron chi connectivity index (χ2n) is 5.32. The molecule has 1 aromatic rings. The van der Waals surface area contributed by atoms with E-state index in [-0.39, 0.29) is 17.8 Å². The van der Waals surface area contributed by atoms with Crippen molar-refractivity contribution in [1.82, 2.24) is 0 Å². The lowest BCUT2D eigenvalue weighted by Gasteiger charge is -2.30. The molecule has 2 atom stereocenters. The molecule has 0 fully saturated rings. The molecular formula is C16H26F2N2. The van der Waals surface area contributed by atoms with Gasteiger partial charge < -0.3 is 10.6 Å². The molecule has 0 aliphatic carbocycles. The molecule has 20 heavy (non-hydrogen) atoms. The number of hydrogen-bond acceptors (Lipinski definition) is 2. The van der Waals surface area contributed by atoms with E-state index in [9.17, 15) is 8.78 Å². The Hall–Kier alpha value is -1.16. The average Bonchev–Trinajstić information content (AvgIpc) is 2.41. The monoisotopic (exact) mass is 284 g/mol.